The summed E-state index contributed by atoms with van der Waals surface area (Å²) < 4.78 is 40.2. The fourth-order valence-electron chi connectivity index (χ4n) is 1.72. The zero-order valence-electron chi connectivity index (χ0n) is 9.95. The number of hydrogen-bond acceptors (Lipinski definition) is 3. The normalized spacial score (nSPS) is 15.7. The first-order chi connectivity index (χ1) is 8.77. The lowest BCUT2D eigenvalue weighted by molar-refractivity contribution is -0.266. The summed E-state index contributed by atoms with van der Waals surface area (Å²) in [6.45, 7) is 0.633. The van der Waals surface area contributed by atoms with Gasteiger partial charge >= 0.3 is 6.18 Å². The molecule has 0 saturated heterocycles. The number of aromatic nitrogens is 3. The Balaban J connectivity index is 2.41. The standard InChI is InChI=1S/C11H11BrF3N3O/c1-2-10(19,11(13,14)15)6-18-8-3-4-9(12)17-7(8)5-16-18/h3-5,19H,2,6H2,1H3. The molecule has 2 rings (SSSR count). The van der Waals surface area contributed by atoms with E-state index in [0.717, 1.165) is 4.68 Å². The monoisotopic (exact) mass is 337 g/mol. The summed E-state index contributed by atoms with van der Waals surface area (Å²) in [7, 11) is 0. The quantitative estimate of drug-likeness (QED) is 0.876. The van der Waals surface area contributed by atoms with Crippen LogP contribution in [0.1, 0.15) is 13.3 Å². The molecule has 2 aromatic rings. The molecule has 1 atom stereocenters. The summed E-state index contributed by atoms with van der Waals surface area (Å²) in [4.78, 5) is 4.08. The molecule has 8 heteroatoms. The van der Waals surface area contributed by atoms with E-state index in [1.165, 1.54) is 13.1 Å². The lowest BCUT2D eigenvalue weighted by atomic mass is 10.0. The molecule has 0 spiro atoms. The Kier molecular flexibility index (Phi) is 3.57. The van der Waals surface area contributed by atoms with Crippen molar-refractivity contribution in [2.24, 2.45) is 0 Å². The first-order valence-corrected chi connectivity index (χ1v) is 6.33. The van der Waals surface area contributed by atoms with Gasteiger partial charge in [0, 0.05) is 0 Å². The molecule has 0 aliphatic carbocycles. The van der Waals surface area contributed by atoms with Crippen molar-refractivity contribution in [2.45, 2.75) is 31.7 Å². The van der Waals surface area contributed by atoms with Crippen LogP contribution in [-0.4, -0.2) is 31.6 Å². The van der Waals surface area contributed by atoms with Crippen LogP contribution in [0.25, 0.3) is 11.0 Å². The molecule has 0 aromatic carbocycles. The van der Waals surface area contributed by atoms with Gasteiger partial charge in [0.1, 0.15) is 10.1 Å². The molecule has 0 fully saturated rings. The van der Waals surface area contributed by atoms with Gasteiger partial charge in [-0.2, -0.15) is 18.3 Å². The van der Waals surface area contributed by atoms with Crippen LogP contribution in [0.5, 0.6) is 0 Å². The molecule has 0 bridgehead atoms. The van der Waals surface area contributed by atoms with E-state index in [-0.39, 0.29) is 0 Å². The number of rotatable bonds is 3. The van der Waals surface area contributed by atoms with Crippen molar-refractivity contribution in [1.29, 1.82) is 0 Å². The van der Waals surface area contributed by atoms with E-state index in [1.54, 1.807) is 12.1 Å². The van der Waals surface area contributed by atoms with Gasteiger partial charge in [-0.15, -0.1) is 0 Å². The third kappa shape index (κ3) is 2.59. The first kappa shape index (κ1) is 14.3. The minimum atomic E-state index is -4.71. The van der Waals surface area contributed by atoms with Gasteiger partial charge in [0.15, 0.2) is 5.60 Å². The zero-order valence-corrected chi connectivity index (χ0v) is 11.5. The summed E-state index contributed by atoms with van der Waals surface area (Å²) in [6.07, 6.45) is -3.78. The highest BCUT2D eigenvalue weighted by atomic mass is 79.9. The van der Waals surface area contributed by atoms with Crippen molar-refractivity contribution in [3.8, 4) is 0 Å². The number of alkyl halides is 3. The number of halogens is 4. The van der Waals surface area contributed by atoms with Gasteiger partial charge < -0.3 is 5.11 Å². The number of nitrogens with zero attached hydrogens (tertiary/aromatic N) is 3. The number of hydrogen-bond donors (Lipinski definition) is 1. The second-order valence-corrected chi connectivity index (χ2v) is 5.04. The SMILES string of the molecule is CCC(O)(Cn1ncc2nc(Br)ccc21)C(F)(F)F. The van der Waals surface area contributed by atoms with Crippen molar-refractivity contribution in [3.05, 3.63) is 22.9 Å². The fraction of sp³-hybridized carbons (Fsp3) is 0.455. The number of pyridine rings is 1. The molecule has 0 aliphatic rings. The van der Waals surface area contributed by atoms with Crippen molar-refractivity contribution >= 4 is 27.0 Å². The van der Waals surface area contributed by atoms with E-state index >= 15 is 0 Å². The van der Waals surface area contributed by atoms with E-state index < -0.39 is 24.7 Å². The van der Waals surface area contributed by atoms with Crippen molar-refractivity contribution < 1.29 is 18.3 Å². The van der Waals surface area contributed by atoms with Gasteiger partial charge in [-0.05, 0) is 34.5 Å². The van der Waals surface area contributed by atoms with Gasteiger partial charge in [0.05, 0.1) is 18.3 Å². The van der Waals surface area contributed by atoms with Crippen molar-refractivity contribution in [1.82, 2.24) is 14.8 Å². The molecule has 19 heavy (non-hydrogen) atoms. The highest BCUT2D eigenvalue weighted by Gasteiger charge is 2.52. The van der Waals surface area contributed by atoms with Crippen molar-refractivity contribution in [2.75, 3.05) is 0 Å². The van der Waals surface area contributed by atoms with E-state index in [4.69, 9.17) is 0 Å². The summed E-state index contributed by atoms with van der Waals surface area (Å²) >= 11 is 3.17. The molecule has 0 saturated carbocycles. The molecular weight excluding hydrogens is 327 g/mol. The average Bonchev–Trinajstić information content (AvgIpc) is 2.70. The molecule has 0 aliphatic heterocycles. The molecular formula is C11H11BrF3N3O. The first-order valence-electron chi connectivity index (χ1n) is 5.54. The lowest BCUT2D eigenvalue weighted by Crippen LogP contribution is -2.48. The Morgan fingerprint density at radius 1 is 1.37 bits per heavy atom. The second kappa shape index (κ2) is 4.75. The summed E-state index contributed by atoms with van der Waals surface area (Å²) in [6, 6.07) is 3.21. The lowest BCUT2D eigenvalue weighted by Gasteiger charge is -2.29. The fourth-order valence-corrected chi connectivity index (χ4v) is 2.04. The van der Waals surface area contributed by atoms with Crippen LogP contribution in [0.15, 0.2) is 22.9 Å². The molecule has 1 unspecified atom stereocenters. The Morgan fingerprint density at radius 2 is 2.05 bits per heavy atom. The van der Waals surface area contributed by atoms with Crippen molar-refractivity contribution in [3.63, 3.8) is 0 Å². The van der Waals surface area contributed by atoms with Gasteiger partial charge in [-0.1, -0.05) is 6.92 Å². The third-order valence-corrected chi connectivity index (χ3v) is 3.43. The molecule has 104 valence electrons. The van der Waals surface area contributed by atoms with Crippen LogP contribution in [0.2, 0.25) is 0 Å². The van der Waals surface area contributed by atoms with Gasteiger partial charge in [0.25, 0.3) is 0 Å². The van der Waals surface area contributed by atoms with Crippen LogP contribution < -0.4 is 0 Å². The van der Waals surface area contributed by atoms with E-state index in [9.17, 15) is 18.3 Å². The Morgan fingerprint density at radius 3 is 2.63 bits per heavy atom. The van der Waals surface area contributed by atoms with E-state index in [1.807, 2.05) is 0 Å². The molecule has 4 nitrogen and oxygen atoms in total. The smallest absolute Gasteiger partial charge is 0.379 e. The summed E-state index contributed by atoms with van der Waals surface area (Å²) in [5, 5.41) is 13.6. The summed E-state index contributed by atoms with van der Waals surface area (Å²) in [5.74, 6) is 0. The zero-order chi connectivity index (χ0) is 14.3. The molecule has 1 N–H and O–H groups in total. The maximum absolute atomic E-state index is 12.8. The minimum absolute atomic E-state index is 0.443. The minimum Gasteiger partial charge on any atom is -0.379 e. The predicted molar refractivity (Wildman–Crippen MR) is 66.5 cm³/mol. The van der Waals surface area contributed by atoms with Gasteiger partial charge in [-0.3, -0.25) is 4.68 Å². The Bertz CT molecular complexity index is 598. The Labute approximate surface area is 115 Å². The van der Waals surface area contributed by atoms with Crippen LogP contribution in [0.4, 0.5) is 13.2 Å². The van der Waals surface area contributed by atoms with Gasteiger partial charge in [-0.25, -0.2) is 4.98 Å². The Hall–Kier alpha value is -1.15. The van der Waals surface area contributed by atoms with Crippen LogP contribution in [-0.2, 0) is 6.54 Å². The third-order valence-electron chi connectivity index (χ3n) is 2.99. The van der Waals surface area contributed by atoms with Gasteiger partial charge in [0.2, 0.25) is 0 Å². The van der Waals surface area contributed by atoms with E-state index in [0.29, 0.717) is 15.6 Å². The molecule has 0 radical (unpaired) electrons. The molecule has 0 amide bonds. The maximum atomic E-state index is 12.8. The second-order valence-electron chi connectivity index (χ2n) is 4.22. The van der Waals surface area contributed by atoms with Crippen LogP contribution >= 0.6 is 15.9 Å². The van der Waals surface area contributed by atoms with Crippen LogP contribution in [0, 0.1) is 0 Å². The number of aliphatic hydroxyl groups is 1. The topological polar surface area (TPSA) is 50.9 Å². The highest BCUT2D eigenvalue weighted by Crippen LogP contribution is 2.34. The number of fused-ring (bicyclic) bond motifs is 1. The summed E-state index contributed by atoms with van der Waals surface area (Å²) in [5.41, 5.74) is -1.88. The molecule has 2 aromatic heterocycles. The van der Waals surface area contributed by atoms with Crippen LogP contribution in [0.3, 0.4) is 0 Å². The predicted octanol–water partition coefficient (Wildman–Crippen LogP) is 2.90. The highest BCUT2D eigenvalue weighted by molar-refractivity contribution is 9.10. The maximum Gasteiger partial charge on any atom is 0.419 e. The van der Waals surface area contributed by atoms with E-state index in [2.05, 4.69) is 26.0 Å². The largest absolute Gasteiger partial charge is 0.419 e. The molecule has 2 heterocycles. The average molecular weight is 338 g/mol.